The molecule has 16 atom stereocenters. The van der Waals surface area contributed by atoms with Gasteiger partial charge in [-0.3, -0.25) is 4.90 Å². The lowest BCUT2D eigenvalue weighted by Crippen LogP contribution is -2.58. The van der Waals surface area contributed by atoms with Crippen molar-refractivity contribution in [3.05, 3.63) is 0 Å². The zero-order valence-electron chi connectivity index (χ0n) is 33.1. The molecule has 8 saturated carbocycles. The molecule has 3 aliphatic heterocycles. The van der Waals surface area contributed by atoms with Crippen molar-refractivity contribution < 1.29 is 4.74 Å². The third kappa shape index (κ3) is 6.39. The lowest BCUT2D eigenvalue weighted by molar-refractivity contribution is -0.0219. The molecule has 11 rings (SSSR count). The normalized spacial score (nSPS) is 53.7. The van der Waals surface area contributed by atoms with Gasteiger partial charge in [-0.25, -0.2) is 0 Å². The smallest absolute Gasteiger partial charge is 0.0621 e. The number of hydrogen-bond acceptors (Lipinski definition) is 4. The van der Waals surface area contributed by atoms with Crippen LogP contribution in [0.1, 0.15) is 186 Å². The molecule has 52 heavy (non-hydrogen) atoms. The summed E-state index contributed by atoms with van der Waals surface area (Å²) >= 11 is 5.13. The molecule has 0 amide bonds. The summed E-state index contributed by atoms with van der Waals surface area (Å²) in [5.74, 6) is 10.2. The summed E-state index contributed by atoms with van der Waals surface area (Å²) in [6.07, 6.45) is 45.6. The molecule has 8 aliphatic carbocycles. The summed E-state index contributed by atoms with van der Waals surface area (Å²) in [5.41, 5.74) is 0. The Morgan fingerprint density at radius 3 is 1.83 bits per heavy atom. The van der Waals surface area contributed by atoms with E-state index in [1.54, 1.807) is 96.3 Å². The van der Waals surface area contributed by atoms with Gasteiger partial charge in [-0.1, -0.05) is 77.0 Å². The molecule has 4 heteroatoms. The van der Waals surface area contributed by atoms with E-state index >= 15 is 0 Å². The Hall–Kier alpha value is 0.620. The van der Waals surface area contributed by atoms with Crippen molar-refractivity contribution in [2.24, 2.45) is 59.2 Å². The highest BCUT2D eigenvalue weighted by Crippen LogP contribution is 2.63. The zero-order valence-corrected chi connectivity index (χ0v) is 34.8. The molecule has 11 aliphatic rings. The minimum Gasteiger partial charge on any atom is -0.374 e. The average molecular weight is 748 g/mol. The average Bonchev–Trinajstić information content (AvgIpc) is 3.90. The minimum atomic E-state index is 0.614. The molecule has 3 saturated heterocycles. The molecular weight excluding hydrogens is 671 g/mol. The molecule has 0 radical (unpaired) electrons. The maximum Gasteiger partial charge on any atom is 0.0621 e. The van der Waals surface area contributed by atoms with Gasteiger partial charge in [-0.2, -0.15) is 23.5 Å². The van der Waals surface area contributed by atoms with Crippen molar-refractivity contribution in [1.29, 1.82) is 0 Å². The van der Waals surface area contributed by atoms with Gasteiger partial charge in [-0.05, 0) is 162 Å². The van der Waals surface area contributed by atoms with E-state index in [-0.39, 0.29) is 0 Å². The maximum absolute atomic E-state index is 6.96. The van der Waals surface area contributed by atoms with Crippen LogP contribution in [0.15, 0.2) is 0 Å². The topological polar surface area (TPSA) is 12.5 Å². The van der Waals surface area contributed by atoms with Crippen LogP contribution in [-0.4, -0.2) is 56.2 Å². The lowest BCUT2D eigenvalue weighted by atomic mass is 9.61. The van der Waals surface area contributed by atoms with E-state index in [9.17, 15) is 0 Å². The fraction of sp³-hybridized carbons (Fsp3) is 1.00. The largest absolute Gasteiger partial charge is 0.374 e. The van der Waals surface area contributed by atoms with Gasteiger partial charge in [0.25, 0.3) is 0 Å². The third-order valence-electron chi connectivity index (χ3n) is 19.5. The SMILES string of the molecule is C1CCC(C2CCCCC2C2CCC(N(C3CCC4SC5CCCCC5C4C3)C3CCCC4C5CCC6OC7CCCCC7C6C5SC43)CC2)CC1. The van der Waals surface area contributed by atoms with Crippen molar-refractivity contribution in [2.75, 3.05) is 0 Å². The molecule has 292 valence electrons. The Kier molecular flexibility index (Phi) is 10.6. The molecule has 0 aromatic heterocycles. The van der Waals surface area contributed by atoms with Crippen LogP contribution in [0.25, 0.3) is 0 Å². The van der Waals surface area contributed by atoms with E-state index in [1.807, 2.05) is 0 Å². The predicted molar refractivity (Wildman–Crippen MR) is 221 cm³/mol. The number of thioether (sulfide) groups is 2. The van der Waals surface area contributed by atoms with Gasteiger partial charge >= 0.3 is 0 Å². The Bertz CT molecular complexity index is 1210. The molecule has 0 aromatic carbocycles. The number of nitrogens with zero attached hydrogens (tertiary/aromatic N) is 1. The fourth-order valence-corrected chi connectivity index (χ4v) is 22.0. The Morgan fingerprint density at radius 2 is 1.00 bits per heavy atom. The van der Waals surface area contributed by atoms with Crippen LogP contribution in [0.5, 0.6) is 0 Å². The predicted octanol–water partition coefficient (Wildman–Crippen LogP) is 12.7. The van der Waals surface area contributed by atoms with E-state index in [2.05, 4.69) is 28.4 Å². The fourth-order valence-electron chi connectivity index (χ4n) is 17.5. The number of ether oxygens (including phenoxy) is 1. The van der Waals surface area contributed by atoms with E-state index in [0.717, 1.165) is 98.3 Å². The van der Waals surface area contributed by atoms with Crippen molar-refractivity contribution in [3.8, 4) is 0 Å². The van der Waals surface area contributed by atoms with Crippen molar-refractivity contribution in [3.63, 3.8) is 0 Å². The van der Waals surface area contributed by atoms with Crippen LogP contribution in [0, 0.1) is 59.2 Å². The van der Waals surface area contributed by atoms with Gasteiger partial charge in [0.1, 0.15) is 0 Å². The van der Waals surface area contributed by atoms with Crippen LogP contribution in [0.4, 0.5) is 0 Å². The van der Waals surface area contributed by atoms with E-state index in [4.69, 9.17) is 4.74 Å². The lowest BCUT2D eigenvalue weighted by Gasteiger charge is -2.53. The molecular formula is C48H77NOS2. The minimum absolute atomic E-state index is 0.614. The Morgan fingerprint density at radius 1 is 0.365 bits per heavy atom. The first-order chi connectivity index (χ1) is 25.8. The summed E-state index contributed by atoms with van der Waals surface area (Å²) < 4.78 is 6.96. The van der Waals surface area contributed by atoms with Gasteiger partial charge in [-0.15, -0.1) is 0 Å². The Balaban J connectivity index is 0.853. The van der Waals surface area contributed by atoms with Crippen LogP contribution in [-0.2, 0) is 4.74 Å². The van der Waals surface area contributed by atoms with Gasteiger partial charge in [0, 0.05) is 45.0 Å². The summed E-state index contributed by atoms with van der Waals surface area (Å²) in [4.78, 5) is 3.47. The summed E-state index contributed by atoms with van der Waals surface area (Å²) in [6, 6.07) is 2.66. The van der Waals surface area contributed by atoms with Crippen LogP contribution >= 0.6 is 23.5 Å². The first kappa shape index (κ1) is 35.8. The molecule has 2 nitrogen and oxygen atoms in total. The van der Waals surface area contributed by atoms with Gasteiger partial charge < -0.3 is 4.74 Å². The summed E-state index contributed by atoms with van der Waals surface area (Å²) in [5, 5.41) is 3.88. The van der Waals surface area contributed by atoms with Crippen LogP contribution < -0.4 is 0 Å². The Labute approximate surface area is 328 Å². The molecule has 0 spiro atoms. The molecule has 3 heterocycles. The first-order valence-electron chi connectivity index (χ1n) is 24.5. The summed E-state index contributed by atoms with van der Waals surface area (Å²) in [7, 11) is 0. The second-order valence-electron chi connectivity index (χ2n) is 21.5. The third-order valence-corrected chi connectivity index (χ3v) is 23.3. The number of hydrogen-bond donors (Lipinski definition) is 0. The van der Waals surface area contributed by atoms with Gasteiger partial charge in [0.15, 0.2) is 0 Å². The number of rotatable bonds is 5. The quantitative estimate of drug-likeness (QED) is 0.277. The second kappa shape index (κ2) is 15.4. The number of fused-ring (bicyclic) bond motifs is 10. The van der Waals surface area contributed by atoms with E-state index in [0.29, 0.717) is 12.2 Å². The highest BCUT2D eigenvalue weighted by Gasteiger charge is 2.61. The molecule has 16 unspecified atom stereocenters. The standard InChI is InChI=1S/C48H77NOS2/c1-2-11-30(12-3-1)34-13-4-5-14-35(34)31-21-23-32(24-22-31)49(33-25-28-45-40(29-33)36-15-7-9-20-44(36)51-45)41-18-10-17-37-38-26-27-43-46(48(38)52-47(37)41)39-16-6-8-19-42(39)50-43/h30-48H,1-29H2. The van der Waals surface area contributed by atoms with E-state index in [1.165, 1.54) is 89.9 Å². The highest BCUT2D eigenvalue weighted by atomic mass is 32.2. The van der Waals surface area contributed by atoms with Gasteiger partial charge in [0.05, 0.1) is 12.2 Å². The summed E-state index contributed by atoms with van der Waals surface area (Å²) in [6.45, 7) is 0. The van der Waals surface area contributed by atoms with Crippen molar-refractivity contribution in [2.45, 2.75) is 238 Å². The zero-order chi connectivity index (χ0) is 34.2. The van der Waals surface area contributed by atoms with Crippen molar-refractivity contribution >= 4 is 23.5 Å². The van der Waals surface area contributed by atoms with Crippen LogP contribution in [0.2, 0.25) is 0 Å². The second-order valence-corrected chi connectivity index (χ2v) is 24.4. The molecule has 0 aromatic rings. The molecule has 11 fully saturated rings. The van der Waals surface area contributed by atoms with Gasteiger partial charge in [0.2, 0.25) is 0 Å². The van der Waals surface area contributed by atoms with Crippen LogP contribution in [0.3, 0.4) is 0 Å². The first-order valence-corrected chi connectivity index (χ1v) is 26.4. The highest BCUT2D eigenvalue weighted by molar-refractivity contribution is 8.01. The maximum atomic E-state index is 6.96. The molecule has 0 N–H and O–H groups in total. The molecule has 0 bridgehead atoms. The monoisotopic (exact) mass is 748 g/mol. The van der Waals surface area contributed by atoms with E-state index < -0.39 is 0 Å². The van der Waals surface area contributed by atoms with Crippen molar-refractivity contribution in [1.82, 2.24) is 4.90 Å².